The average molecular weight is 389 g/mol. The van der Waals surface area contributed by atoms with Crippen molar-refractivity contribution in [2.45, 2.75) is 26.8 Å². The van der Waals surface area contributed by atoms with Gasteiger partial charge in [0.25, 0.3) is 0 Å². The van der Waals surface area contributed by atoms with Gasteiger partial charge in [0.05, 0.1) is 4.92 Å². The number of rotatable bonds is 5. The van der Waals surface area contributed by atoms with Crippen LogP contribution >= 0.6 is 0 Å². The second-order valence-corrected chi connectivity index (χ2v) is 7.15. The molecule has 0 saturated heterocycles. The van der Waals surface area contributed by atoms with Gasteiger partial charge in [-0.15, -0.1) is 0 Å². The van der Waals surface area contributed by atoms with Crippen LogP contribution in [0.5, 0.6) is 0 Å². The topological polar surface area (TPSA) is 75.4 Å². The number of hydrogen-bond acceptors (Lipinski definition) is 6. The Bertz CT molecular complexity index is 1050. The van der Waals surface area contributed by atoms with Crippen LogP contribution in [0.15, 0.2) is 54.9 Å². The molecule has 4 rings (SSSR count). The van der Waals surface area contributed by atoms with E-state index >= 15 is 0 Å². The van der Waals surface area contributed by atoms with Gasteiger partial charge < -0.3 is 9.80 Å². The zero-order valence-corrected chi connectivity index (χ0v) is 16.6. The van der Waals surface area contributed by atoms with E-state index < -0.39 is 0 Å². The van der Waals surface area contributed by atoms with Crippen LogP contribution in [0.25, 0.3) is 0 Å². The lowest BCUT2D eigenvalue weighted by Crippen LogP contribution is -2.32. The van der Waals surface area contributed by atoms with E-state index in [2.05, 4.69) is 22.1 Å². The van der Waals surface area contributed by atoms with Crippen LogP contribution in [0, 0.1) is 17.0 Å². The molecule has 0 unspecified atom stereocenters. The molecule has 1 aliphatic heterocycles. The Kier molecular flexibility index (Phi) is 5.12. The van der Waals surface area contributed by atoms with Crippen LogP contribution in [0.4, 0.5) is 23.0 Å². The van der Waals surface area contributed by atoms with Gasteiger partial charge in [0.2, 0.25) is 11.6 Å². The molecule has 0 spiro atoms. The molecule has 0 N–H and O–H groups in total. The Hall–Kier alpha value is -3.48. The van der Waals surface area contributed by atoms with Crippen molar-refractivity contribution in [3.05, 3.63) is 81.7 Å². The first-order chi connectivity index (χ1) is 14.1. The fourth-order valence-corrected chi connectivity index (χ4v) is 3.88. The predicted octanol–water partition coefficient (Wildman–Crippen LogP) is 4.41. The van der Waals surface area contributed by atoms with Gasteiger partial charge in [-0.05, 0) is 49.1 Å². The highest BCUT2D eigenvalue weighted by molar-refractivity contribution is 5.76. The summed E-state index contributed by atoms with van der Waals surface area (Å²) >= 11 is 0. The maximum Gasteiger partial charge on any atom is 0.354 e. The smallest absolute Gasteiger partial charge is 0.346 e. The molecule has 2 aromatic carbocycles. The van der Waals surface area contributed by atoms with Crippen molar-refractivity contribution in [1.82, 2.24) is 9.97 Å². The third-order valence-electron chi connectivity index (χ3n) is 5.28. The zero-order chi connectivity index (χ0) is 20.4. The molecule has 1 aromatic heterocycles. The monoisotopic (exact) mass is 389 g/mol. The minimum absolute atomic E-state index is 0.0461. The molecule has 0 aliphatic carbocycles. The van der Waals surface area contributed by atoms with E-state index in [9.17, 15) is 10.1 Å². The third-order valence-corrected chi connectivity index (χ3v) is 5.28. The SMILES string of the molecule is CCN(c1cccc(C)c1)c1ncnc(N2CCc3ccccc3C2)c1[N+](=O)[O-]. The summed E-state index contributed by atoms with van der Waals surface area (Å²) in [5.74, 6) is 0.701. The van der Waals surface area contributed by atoms with Gasteiger partial charge in [-0.2, -0.15) is 0 Å². The van der Waals surface area contributed by atoms with Crippen molar-refractivity contribution in [3.8, 4) is 0 Å². The van der Waals surface area contributed by atoms with E-state index in [-0.39, 0.29) is 10.6 Å². The summed E-state index contributed by atoms with van der Waals surface area (Å²) in [7, 11) is 0. The van der Waals surface area contributed by atoms with Crippen LogP contribution in [-0.2, 0) is 13.0 Å². The lowest BCUT2D eigenvalue weighted by atomic mass is 10.00. The van der Waals surface area contributed by atoms with Crippen LogP contribution in [-0.4, -0.2) is 28.0 Å². The Balaban J connectivity index is 1.78. The van der Waals surface area contributed by atoms with Gasteiger partial charge in [0.15, 0.2) is 0 Å². The largest absolute Gasteiger partial charge is 0.354 e. The van der Waals surface area contributed by atoms with Crippen molar-refractivity contribution in [1.29, 1.82) is 0 Å². The van der Waals surface area contributed by atoms with Crippen molar-refractivity contribution < 1.29 is 4.92 Å². The van der Waals surface area contributed by atoms with Crippen LogP contribution < -0.4 is 9.80 Å². The molecule has 7 heteroatoms. The Morgan fingerprint density at radius 1 is 1.14 bits per heavy atom. The summed E-state index contributed by atoms with van der Waals surface area (Å²) < 4.78 is 0. The maximum absolute atomic E-state index is 12.1. The standard InChI is InChI=1S/C22H23N5O2/c1-3-26(19-10-6-7-16(2)13-19)22-20(27(28)29)21(23-15-24-22)25-12-11-17-8-4-5-9-18(17)14-25/h4-10,13,15H,3,11-12,14H2,1-2H3. The highest BCUT2D eigenvalue weighted by Crippen LogP contribution is 2.38. The molecule has 7 nitrogen and oxygen atoms in total. The van der Waals surface area contributed by atoms with Gasteiger partial charge in [-0.25, -0.2) is 9.97 Å². The number of nitro groups is 1. The number of benzene rings is 2. The van der Waals surface area contributed by atoms with E-state index in [1.807, 2.05) is 60.0 Å². The zero-order valence-electron chi connectivity index (χ0n) is 16.6. The quantitative estimate of drug-likeness (QED) is 0.475. The number of nitrogens with zero attached hydrogens (tertiary/aromatic N) is 5. The van der Waals surface area contributed by atoms with Gasteiger partial charge in [0, 0.05) is 25.3 Å². The summed E-state index contributed by atoms with van der Waals surface area (Å²) in [5.41, 5.74) is 4.39. The van der Waals surface area contributed by atoms with Crippen molar-refractivity contribution in [2.75, 3.05) is 22.9 Å². The average Bonchev–Trinajstić information content (AvgIpc) is 2.73. The summed E-state index contributed by atoms with van der Waals surface area (Å²) in [6.07, 6.45) is 2.26. The van der Waals surface area contributed by atoms with E-state index in [0.717, 1.165) is 17.7 Å². The number of fused-ring (bicyclic) bond motifs is 1. The van der Waals surface area contributed by atoms with Gasteiger partial charge in [0.1, 0.15) is 6.33 Å². The molecule has 0 fully saturated rings. The molecule has 1 aliphatic rings. The molecule has 0 saturated carbocycles. The first kappa shape index (κ1) is 18.9. The summed E-state index contributed by atoms with van der Waals surface area (Å²) in [6, 6.07) is 16.1. The Labute approximate surface area is 169 Å². The maximum atomic E-state index is 12.1. The predicted molar refractivity (Wildman–Crippen MR) is 114 cm³/mol. The van der Waals surface area contributed by atoms with Crippen LogP contribution in [0.2, 0.25) is 0 Å². The van der Waals surface area contributed by atoms with E-state index in [1.54, 1.807) is 0 Å². The molecular formula is C22H23N5O2. The molecule has 29 heavy (non-hydrogen) atoms. The van der Waals surface area contributed by atoms with E-state index in [4.69, 9.17) is 0 Å². The molecule has 148 valence electrons. The molecule has 0 amide bonds. The number of aromatic nitrogens is 2. The van der Waals surface area contributed by atoms with Gasteiger partial charge >= 0.3 is 5.69 Å². The van der Waals surface area contributed by atoms with E-state index in [1.165, 1.54) is 17.5 Å². The minimum Gasteiger partial charge on any atom is -0.346 e. The summed E-state index contributed by atoms with van der Waals surface area (Å²) in [5, 5.41) is 12.1. The van der Waals surface area contributed by atoms with Crippen LogP contribution in [0.3, 0.4) is 0 Å². The van der Waals surface area contributed by atoms with Crippen LogP contribution in [0.1, 0.15) is 23.6 Å². The molecule has 0 radical (unpaired) electrons. The number of hydrogen-bond donors (Lipinski definition) is 0. The number of anilines is 3. The highest BCUT2D eigenvalue weighted by Gasteiger charge is 2.31. The molecule has 2 heterocycles. The molecule has 3 aromatic rings. The second-order valence-electron chi connectivity index (χ2n) is 7.15. The lowest BCUT2D eigenvalue weighted by Gasteiger charge is -2.30. The fourth-order valence-electron chi connectivity index (χ4n) is 3.88. The van der Waals surface area contributed by atoms with Crippen molar-refractivity contribution in [3.63, 3.8) is 0 Å². The molecular weight excluding hydrogens is 366 g/mol. The lowest BCUT2D eigenvalue weighted by molar-refractivity contribution is -0.383. The Morgan fingerprint density at radius 3 is 2.66 bits per heavy atom. The summed E-state index contributed by atoms with van der Waals surface area (Å²) in [6.45, 7) is 5.81. The third kappa shape index (κ3) is 3.63. The minimum atomic E-state index is -0.358. The number of aryl methyl sites for hydroxylation is 1. The van der Waals surface area contributed by atoms with Crippen molar-refractivity contribution in [2.24, 2.45) is 0 Å². The van der Waals surface area contributed by atoms with Crippen molar-refractivity contribution >= 4 is 23.0 Å². The molecule has 0 bridgehead atoms. The van der Waals surface area contributed by atoms with E-state index in [0.29, 0.717) is 31.3 Å². The Morgan fingerprint density at radius 2 is 1.93 bits per heavy atom. The van der Waals surface area contributed by atoms with Gasteiger partial charge in [-0.1, -0.05) is 36.4 Å². The molecule has 0 atom stereocenters. The highest BCUT2D eigenvalue weighted by atomic mass is 16.6. The normalized spacial score (nSPS) is 13.1. The fraction of sp³-hybridized carbons (Fsp3) is 0.273. The summed E-state index contributed by atoms with van der Waals surface area (Å²) in [4.78, 5) is 24.3. The second kappa shape index (κ2) is 7.87. The first-order valence-corrected chi connectivity index (χ1v) is 9.73. The van der Waals surface area contributed by atoms with Gasteiger partial charge in [-0.3, -0.25) is 10.1 Å². The first-order valence-electron chi connectivity index (χ1n) is 9.73.